The highest BCUT2D eigenvalue weighted by Crippen LogP contribution is 2.26. The average Bonchev–Trinajstić information content (AvgIpc) is 3.26. The van der Waals surface area contributed by atoms with Gasteiger partial charge in [0, 0.05) is 31.9 Å². The molecule has 1 aliphatic rings. The molecule has 0 N–H and O–H groups in total. The third-order valence-electron chi connectivity index (χ3n) is 6.32. The van der Waals surface area contributed by atoms with Gasteiger partial charge in [-0.2, -0.15) is 0 Å². The van der Waals surface area contributed by atoms with Gasteiger partial charge >= 0.3 is 0 Å². The lowest BCUT2D eigenvalue weighted by Crippen LogP contribution is -2.49. The fraction of sp³-hybridized carbons (Fsp3) is 0.423. The second-order valence-electron chi connectivity index (χ2n) is 8.79. The molecule has 1 aliphatic heterocycles. The molecule has 0 saturated carbocycles. The number of carbonyl (C=O) groups excluding carboxylic acids is 1. The minimum Gasteiger partial charge on any atom is -0.368 e. The number of anilines is 1. The SMILES string of the molecule is CC[C@@H](c1nnc(SCC(=O)N2CCN(c3ccccc3)CC2)n1Cc1ccccc1)N(C)C. The first-order valence-corrected chi connectivity index (χ1v) is 12.9. The molecule has 1 saturated heterocycles. The number of hydrogen-bond donors (Lipinski definition) is 0. The Bertz CT molecular complexity index is 1050. The lowest BCUT2D eigenvalue weighted by Gasteiger charge is -2.36. The second-order valence-corrected chi connectivity index (χ2v) is 9.73. The van der Waals surface area contributed by atoms with Gasteiger partial charge in [0.15, 0.2) is 11.0 Å². The molecule has 2 heterocycles. The van der Waals surface area contributed by atoms with Gasteiger partial charge in [-0.05, 0) is 38.2 Å². The van der Waals surface area contributed by atoms with Crippen LogP contribution < -0.4 is 4.90 Å². The molecule has 0 spiro atoms. The van der Waals surface area contributed by atoms with E-state index in [4.69, 9.17) is 0 Å². The van der Waals surface area contributed by atoms with Crippen molar-refractivity contribution in [3.05, 3.63) is 72.1 Å². The maximum atomic E-state index is 13.0. The summed E-state index contributed by atoms with van der Waals surface area (Å²) in [6.07, 6.45) is 0.940. The second kappa shape index (κ2) is 11.5. The van der Waals surface area contributed by atoms with Crippen LogP contribution in [-0.4, -0.2) is 76.5 Å². The summed E-state index contributed by atoms with van der Waals surface area (Å²) in [4.78, 5) is 19.5. The fourth-order valence-corrected chi connectivity index (χ4v) is 5.26. The van der Waals surface area contributed by atoms with Gasteiger partial charge in [0.05, 0.1) is 18.3 Å². The maximum absolute atomic E-state index is 13.0. The van der Waals surface area contributed by atoms with Gasteiger partial charge in [-0.3, -0.25) is 9.69 Å². The quantitative estimate of drug-likeness (QED) is 0.436. The van der Waals surface area contributed by atoms with Crippen molar-refractivity contribution in [2.75, 3.05) is 50.9 Å². The molecule has 1 amide bonds. The van der Waals surface area contributed by atoms with Crippen LogP contribution in [0.3, 0.4) is 0 Å². The average molecular weight is 479 g/mol. The number of para-hydroxylation sites is 1. The molecule has 1 aromatic heterocycles. The summed E-state index contributed by atoms with van der Waals surface area (Å²) in [7, 11) is 4.14. The van der Waals surface area contributed by atoms with Crippen LogP contribution in [0.15, 0.2) is 65.8 Å². The van der Waals surface area contributed by atoms with Crippen molar-refractivity contribution >= 4 is 23.4 Å². The first kappa shape index (κ1) is 24.3. The smallest absolute Gasteiger partial charge is 0.233 e. The molecule has 4 rings (SSSR count). The molecule has 3 aromatic rings. The van der Waals surface area contributed by atoms with E-state index in [0.717, 1.165) is 43.6 Å². The molecule has 1 fully saturated rings. The summed E-state index contributed by atoms with van der Waals surface area (Å²) in [6.45, 7) is 6.06. The van der Waals surface area contributed by atoms with Crippen molar-refractivity contribution in [3.63, 3.8) is 0 Å². The number of benzene rings is 2. The van der Waals surface area contributed by atoms with Crippen LogP contribution in [0.4, 0.5) is 5.69 Å². The van der Waals surface area contributed by atoms with Crippen molar-refractivity contribution in [1.82, 2.24) is 24.6 Å². The monoisotopic (exact) mass is 478 g/mol. The Morgan fingerprint density at radius 2 is 1.62 bits per heavy atom. The molecule has 0 unspecified atom stereocenters. The summed E-state index contributed by atoms with van der Waals surface area (Å²) < 4.78 is 2.18. The molecule has 0 radical (unpaired) electrons. The lowest BCUT2D eigenvalue weighted by molar-refractivity contribution is -0.128. The van der Waals surface area contributed by atoms with Crippen LogP contribution in [-0.2, 0) is 11.3 Å². The molecule has 0 bridgehead atoms. The van der Waals surface area contributed by atoms with Crippen LogP contribution in [0.5, 0.6) is 0 Å². The minimum absolute atomic E-state index is 0.160. The Kier molecular flexibility index (Phi) is 8.24. The number of piperazine rings is 1. The molecule has 180 valence electrons. The molecule has 0 aliphatic carbocycles. The maximum Gasteiger partial charge on any atom is 0.233 e. The van der Waals surface area contributed by atoms with Crippen LogP contribution in [0.2, 0.25) is 0 Å². The van der Waals surface area contributed by atoms with E-state index in [-0.39, 0.29) is 11.9 Å². The zero-order valence-corrected chi connectivity index (χ0v) is 21.1. The van der Waals surface area contributed by atoms with E-state index in [2.05, 4.69) is 82.0 Å². The standard InChI is InChI=1S/C26H34N6OS/c1-4-23(29(2)3)25-27-28-26(32(25)19-21-11-7-5-8-12-21)34-20-24(33)31-17-15-30(16-18-31)22-13-9-6-10-14-22/h5-14,23H,4,15-20H2,1-3H3/t23-/m0/s1. The lowest BCUT2D eigenvalue weighted by atomic mass is 10.2. The summed E-state index contributed by atoms with van der Waals surface area (Å²) >= 11 is 1.49. The molecule has 7 nitrogen and oxygen atoms in total. The molecule has 1 atom stereocenters. The van der Waals surface area contributed by atoms with Gasteiger partial charge in [-0.1, -0.05) is 67.2 Å². The van der Waals surface area contributed by atoms with Gasteiger partial charge in [-0.15, -0.1) is 10.2 Å². The van der Waals surface area contributed by atoms with Crippen molar-refractivity contribution in [2.24, 2.45) is 0 Å². The molecule has 8 heteroatoms. The van der Waals surface area contributed by atoms with E-state index >= 15 is 0 Å². The summed E-state index contributed by atoms with van der Waals surface area (Å²) in [5.41, 5.74) is 2.42. The predicted octanol–water partition coefficient (Wildman–Crippen LogP) is 3.78. The Morgan fingerprint density at radius 3 is 2.24 bits per heavy atom. The topological polar surface area (TPSA) is 57.5 Å². The van der Waals surface area contributed by atoms with E-state index in [1.54, 1.807) is 0 Å². The minimum atomic E-state index is 0.160. The predicted molar refractivity (Wildman–Crippen MR) is 138 cm³/mol. The highest BCUT2D eigenvalue weighted by Gasteiger charge is 2.25. The number of rotatable bonds is 9. The van der Waals surface area contributed by atoms with E-state index in [9.17, 15) is 4.79 Å². The van der Waals surface area contributed by atoms with Crippen LogP contribution in [0.1, 0.15) is 30.8 Å². The van der Waals surface area contributed by atoms with Crippen LogP contribution in [0.25, 0.3) is 0 Å². The first-order chi connectivity index (χ1) is 16.6. The summed E-state index contributed by atoms with van der Waals surface area (Å²) in [5, 5.41) is 9.86. The Labute approximate surface area is 206 Å². The van der Waals surface area contributed by atoms with Crippen LogP contribution >= 0.6 is 11.8 Å². The third-order valence-corrected chi connectivity index (χ3v) is 7.27. The highest BCUT2D eigenvalue weighted by atomic mass is 32.2. The van der Waals surface area contributed by atoms with Gasteiger partial charge in [0.2, 0.25) is 5.91 Å². The zero-order valence-electron chi connectivity index (χ0n) is 20.3. The number of nitrogens with zero attached hydrogens (tertiary/aromatic N) is 6. The van der Waals surface area contributed by atoms with Gasteiger partial charge in [0.25, 0.3) is 0 Å². The van der Waals surface area contributed by atoms with Crippen molar-refractivity contribution < 1.29 is 4.79 Å². The summed E-state index contributed by atoms with van der Waals surface area (Å²) in [6, 6.07) is 20.9. The number of hydrogen-bond acceptors (Lipinski definition) is 6. The van der Waals surface area contributed by atoms with Crippen molar-refractivity contribution in [1.29, 1.82) is 0 Å². The first-order valence-electron chi connectivity index (χ1n) is 11.9. The number of carbonyl (C=O) groups is 1. The number of aromatic nitrogens is 3. The number of thioether (sulfide) groups is 1. The zero-order chi connectivity index (χ0) is 23.9. The molecular weight excluding hydrogens is 444 g/mol. The normalized spacial score (nSPS) is 15.1. The van der Waals surface area contributed by atoms with Gasteiger partial charge < -0.3 is 14.4 Å². The van der Waals surface area contributed by atoms with Crippen molar-refractivity contribution in [2.45, 2.75) is 31.1 Å². The number of amides is 1. The van der Waals surface area contributed by atoms with Gasteiger partial charge in [-0.25, -0.2) is 0 Å². The Balaban J connectivity index is 1.42. The Hall–Kier alpha value is -2.84. The molecular formula is C26H34N6OS. The van der Waals surface area contributed by atoms with Crippen LogP contribution in [0, 0.1) is 0 Å². The fourth-order valence-electron chi connectivity index (χ4n) is 4.42. The van der Waals surface area contributed by atoms with E-state index in [1.807, 2.05) is 29.2 Å². The largest absolute Gasteiger partial charge is 0.368 e. The molecule has 2 aromatic carbocycles. The molecule has 34 heavy (non-hydrogen) atoms. The van der Waals surface area contributed by atoms with E-state index < -0.39 is 0 Å². The van der Waals surface area contributed by atoms with E-state index in [0.29, 0.717) is 12.3 Å². The Morgan fingerprint density at radius 1 is 0.971 bits per heavy atom. The van der Waals surface area contributed by atoms with Crippen molar-refractivity contribution in [3.8, 4) is 0 Å². The van der Waals surface area contributed by atoms with Gasteiger partial charge in [0.1, 0.15) is 0 Å². The highest BCUT2D eigenvalue weighted by molar-refractivity contribution is 7.99. The summed E-state index contributed by atoms with van der Waals surface area (Å²) in [5.74, 6) is 1.48. The van der Waals surface area contributed by atoms with E-state index in [1.165, 1.54) is 23.0 Å². The third kappa shape index (κ3) is 5.80.